The smallest absolute Gasteiger partial charge is 0.270 e. The summed E-state index contributed by atoms with van der Waals surface area (Å²) in [4.78, 5) is 10.1. The molecule has 0 bridgehead atoms. The van der Waals surface area contributed by atoms with Crippen molar-refractivity contribution in [2.24, 2.45) is 0 Å². The maximum atomic E-state index is 10.7. The van der Waals surface area contributed by atoms with Crippen LogP contribution in [0.3, 0.4) is 0 Å². The second-order valence-electron chi connectivity index (χ2n) is 3.92. The number of benzene rings is 2. The Labute approximate surface area is 114 Å². The molecule has 0 atom stereocenters. The van der Waals surface area contributed by atoms with E-state index in [1.165, 1.54) is 18.2 Å². The number of hydrogen-bond donors (Lipinski definition) is 1. The lowest BCUT2D eigenvalue weighted by Gasteiger charge is -2.10. The largest absolute Gasteiger partial charge is 0.456 e. The molecule has 100 valence electrons. The molecule has 0 aliphatic heterocycles. The summed E-state index contributed by atoms with van der Waals surface area (Å²) < 4.78 is 5.55. The molecule has 0 spiro atoms. The first-order valence-corrected chi connectivity index (χ1v) is 5.71. The highest BCUT2D eigenvalue weighted by atomic mass is 16.6. The van der Waals surface area contributed by atoms with Crippen LogP contribution in [0.4, 0.5) is 5.69 Å². The van der Waals surface area contributed by atoms with Crippen LogP contribution in [-0.4, -0.2) is 10.0 Å². The maximum absolute atomic E-state index is 10.7. The molecule has 6 nitrogen and oxygen atoms in total. The summed E-state index contributed by atoms with van der Waals surface area (Å²) in [6.07, 6.45) is 0. The maximum Gasteiger partial charge on any atom is 0.270 e. The molecule has 0 fully saturated rings. The summed E-state index contributed by atoms with van der Waals surface area (Å²) in [5.74, 6) is 0.611. The molecule has 0 saturated heterocycles. The molecule has 0 aliphatic carbocycles. The number of non-ortho nitro benzene ring substituents is 1. The van der Waals surface area contributed by atoms with Gasteiger partial charge in [0.2, 0.25) is 0 Å². The molecule has 1 N–H and O–H groups in total. The molecule has 6 heteroatoms. The van der Waals surface area contributed by atoms with Gasteiger partial charge >= 0.3 is 0 Å². The summed E-state index contributed by atoms with van der Waals surface area (Å²) in [5, 5.41) is 28.9. The molecule has 0 saturated carbocycles. The van der Waals surface area contributed by atoms with Gasteiger partial charge in [0.25, 0.3) is 5.69 Å². The molecule has 0 aliphatic rings. The van der Waals surface area contributed by atoms with Gasteiger partial charge in [0.05, 0.1) is 17.1 Å². The molecule has 2 rings (SSSR count). The van der Waals surface area contributed by atoms with Crippen LogP contribution in [0.25, 0.3) is 0 Å². The second-order valence-corrected chi connectivity index (χ2v) is 3.92. The van der Waals surface area contributed by atoms with Crippen LogP contribution in [0.15, 0.2) is 42.5 Å². The van der Waals surface area contributed by atoms with Crippen LogP contribution in [0.5, 0.6) is 11.5 Å². The van der Waals surface area contributed by atoms with Gasteiger partial charge in [-0.15, -0.1) is 0 Å². The SMILES string of the molecule is N#Cc1ccccc1Oc1ccc([N+](=O)[O-])cc1CO. The Balaban J connectivity index is 2.39. The highest BCUT2D eigenvalue weighted by Crippen LogP contribution is 2.30. The van der Waals surface area contributed by atoms with Crippen LogP contribution in [0.1, 0.15) is 11.1 Å². The summed E-state index contributed by atoms with van der Waals surface area (Å²) in [6, 6.07) is 12.5. The van der Waals surface area contributed by atoms with E-state index in [0.717, 1.165) is 0 Å². The molecule has 0 radical (unpaired) electrons. The molecular formula is C14H10N2O4. The fourth-order valence-electron chi connectivity index (χ4n) is 1.67. The first-order chi connectivity index (χ1) is 9.65. The van der Waals surface area contributed by atoms with E-state index in [-0.39, 0.29) is 17.0 Å². The van der Waals surface area contributed by atoms with Gasteiger partial charge in [-0.1, -0.05) is 12.1 Å². The third-order valence-corrected chi connectivity index (χ3v) is 2.65. The van der Waals surface area contributed by atoms with Gasteiger partial charge in [-0.3, -0.25) is 10.1 Å². The summed E-state index contributed by atoms with van der Waals surface area (Å²) in [5.41, 5.74) is 0.497. The van der Waals surface area contributed by atoms with Crippen LogP contribution in [0, 0.1) is 21.4 Å². The number of aliphatic hydroxyl groups excluding tert-OH is 1. The van der Waals surface area contributed by atoms with E-state index in [1.807, 2.05) is 6.07 Å². The van der Waals surface area contributed by atoms with Crippen molar-refractivity contribution in [1.29, 1.82) is 5.26 Å². The van der Waals surface area contributed by atoms with Gasteiger partial charge in [-0.2, -0.15) is 5.26 Å². The predicted octanol–water partition coefficient (Wildman–Crippen LogP) is 2.75. The van der Waals surface area contributed by atoms with Gasteiger partial charge in [0.1, 0.15) is 17.6 Å². The van der Waals surface area contributed by atoms with Crippen LogP contribution in [0.2, 0.25) is 0 Å². The molecule has 0 aromatic heterocycles. The standard InChI is InChI=1S/C14H10N2O4/c15-8-10-3-1-2-4-13(10)20-14-6-5-12(16(18)19)7-11(14)9-17/h1-7,17H,9H2. The number of ether oxygens (including phenoxy) is 1. The zero-order valence-corrected chi connectivity index (χ0v) is 10.3. The highest BCUT2D eigenvalue weighted by Gasteiger charge is 2.13. The normalized spacial score (nSPS) is 9.80. The summed E-state index contributed by atoms with van der Waals surface area (Å²) in [6.45, 7) is -0.397. The second kappa shape index (κ2) is 5.82. The van der Waals surface area contributed by atoms with Gasteiger partial charge < -0.3 is 9.84 Å². The molecule has 0 heterocycles. The van der Waals surface area contributed by atoms with Crippen molar-refractivity contribution in [3.05, 3.63) is 63.7 Å². The van der Waals surface area contributed by atoms with Crippen LogP contribution >= 0.6 is 0 Å². The predicted molar refractivity (Wildman–Crippen MR) is 70.3 cm³/mol. The third kappa shape index (κ3) is 2.74. The van der Waals surface area contributed by atoms with Gasteiger partial charge in [0, 0.05) is 17.7 Å². The van der Waals surface area contributed by atoms with E-state index >= 15 is 0 Å². The van der Waals surface area contributed by atoms with Crippen LogP contribution < -0.4 is 4.74 Å². The molecule has 2 aromatic rings. The number of rotatable bonds is 4. The lowest BCUT2D eigenvalue weighted by atomic mass is 10.1. The highest BCUT2D eigenvalue weighted by molar-refractivity contribution is 5.49. The monoisotopic (exact) mass is 270 g/mol. The van der Waals surface area contributed by atoms with Crippen molar-refractivity contribution in [1.82, 2.24) is 0 Å². The molecule has 0 amide bonds. The number of nitriles is 1. The zero-order valence-electron chi connectivity index (χ0n) is 10.3. The first kappa shape index (κ1) is 13.5. The number of nitrogens with zero attached hydrogens (tertiary/aromatic N) is 2. The fourth-order valence-corrected chi connectivity index (χ4v) is 1.67. The number of nitro groups is 1. The number of nitro benzene ring substituents is 1. The molecular weight excluding hydrogens is 260 g/mol. The Hall–Kier alpha value is -2.91. The lowest BCUT2D eigenvalue weighted by molar-refractivity contribution is -0.385. The van der Waals surface area contributed by atoms with E-state index < -0.39 is 11.5 Å². The minimum Gasteiger partial charge on any atom is -0.456 e. The molecule has 2 aromatic carbocycles. The van der Waals surface area contributed by atoms with Gasteiger partial charge in [0.15, 0.2) is 0 Å². The lowest BCUT2D eigenvalue weighted by Crippen LogP contribution is -1.96. The number of aliphatic hydroxyl groups is 1. The van der Waals surface area contributed by atoms with Crippen molar-refractivity contribution in [3.8, 4) is 17.6 Å². The van der Waals surface area contributed by atoms with E-state index in [9.17, 15) is 15.2 Å². The minimum absolute atomic E-state index is 0.130. The topological polar surface area (TPSA) is 96.4 Å². The number of hydrogen-bond acceptors (Lipinski definition) is 5. The van der Waals surface area contributed by atoms with E-state index in [1.54, 1.807) is 24.3 Å². The Morgan fingerprint density at radius 1 is 1.25 bits per heavy atom. The summed E-state index contributed by atoms with van der Waals surface area (Å²) >= 11 is 0. The average molecular weight is 270 g/mol. The summed E-state index contributed by atoms with van der Waals surface area (Å²) in [7, 11) is 0. The van der Waals surface area contributed by atoms with E-state index in [2.05, 4.69) is 0 Å². The molecule has 0 unspecified atom stereocenters. The van der Waals surface area contributed by atoms with Crippen molar-refractivity contribution in [3.63, 3.8) is 0 Å². The Bertz CT molecular complexity index is 692. The zero-order chi connectivity index (χ0) is 14.5. The van der Waals surface area contributed by atoms with E-state index in [0.29, 0.717) is 11.3 Å². The van der Waals surface area contributed by atoms with Crippen molar-refractivity contribution < 1.29 is 14.8 Å². The Kier molecular flexibility index (Phi) is 3.93. The van der Waals surface area contributed by atoms with Gasteiger partial charge in [-0.05, 0) is 18.2 Å². The number of para-hydroxylation sites is 1. The average Bonchev–Trinajstić information content (AvgIpc) is 2.48. The van der Waals surface area contributed by atoms with Gasteiger partial charge in [-0.25, -0.2) is 0 Å². The third-order valence-electron chi connectivity index (χ3n) is 2.65. The van der Waals surface area contributed by atoms with E-state index in [4.69, 9.17) is 10.00 Å². The minimum atomic E-state index is -0.549. The Morgan fingerprint density at radius 2 is 2.00 bits per heavy atom. The van der Waals surface area contributed by atoms with Crippen molar-refractivity contribution >= 4 is 5.69 Å². The first-order valence-electron chi connectivity index (χ1n) is 5.71. The van der Waals surface area contributed by atoms with Crippen LogP contribution in [-0.2, 0) is 6.61 Å². The molecule has 20 heavy (non-hydrogen) atoms. The van der Waals surface area contributed by atoms with Crippen molar-refractivity contribution in [2.75, 3.05) is 0 Å². The Morgan fingerprint density at radius 3 is 2.65 bits per heavy atom. The quantitative estimate of drug-likeness (QED) is 0.680. The van der Waals surface area contributed by atoms with Crippen molar-refractivity contribution in [2.45, 2.75) is 6.61 Å². The fraction of sp³-hybridized carbons (Fsp3) is 0.0714.